The number of rotatable bonds is 7. The maximum absolute atomic E-state index is 13.2. The number of esters is 1. The quantitative estimate of drug-likeness (QED) is 0.427. The number of halogens is 3. The fourth-order valence-electron chi connectivity index (χ4n) is 1.88. The molecule has 0 fully saturated rings. The molecule has 0 aliphatic carbocycles. The molecule has 0 N–H and O–H groups in total. The Labute approximate surface area is 134 Å². The molecular formula is C14H23F3N2O3Si. The van der Waals surface area contributed by atoms with Gasteiger partial charge < -0.3 is 9.47 Å². The summed E-state index contributed by atoms with van der Waals surface area (Å²) in [4.78, 5) is 11.7. The number of hydrogen-bond donors (Lipinski definition) is 0. The van der Waals surface area contributed by atoms with E-state index in [1.807, 2.05) is 0 Å². The fraction of sp³-hybridized carbons (Fsp3) is 0.714. The Morgan fingerprint density at radius 1 is 1.30 bits per heavy atom. The van der Waals surface area contributed by atoms with E-state index < -0.39 is 31.5 Å². The van der Waals surface area contributed by atoms with Gasteiger partial charge in [0.05, 0.1) is 12.3 Å². The van der Waals surface area contributed by atoms with Crippen LogP contribution in [-0.4, -0.2) is 37.0 Å². The molecule has 0 bridgehead atoms. The van der Waals surface area contributed by atoms with E-state index in [2.05, 4.69) is 29.5 Å². The predicted octanol–water partition coefficient (Wildman–Crippen LogP) is 3.70. The molecule has 0 aliphatic rings. The van der Waals surface area contributed by atoms with Crippen LogP contribution >= 0.6 is 0 Å². The van der Waals surface area contributed by atoms with Crippen molar-refractivity contribution >= 4 is 14.0 Å². The van der Waals surface area contributed by atoms with Crippen LogP contribution in [0.2, 0.25) is 25.7 Å². The van der Waals surface area contributed by atoms with Gasteiger partial charge >= 0.3 is 12.1 Å². The lowest BCUT2D eigenvalue weighted by Crippen LogP contribution is -2.22. The molecule has 0 aromatic carbocycles. The van der Waals surface area contributed by atoms with E-state index in [0.29, 0.717) is 6.61 Å². The van der Waals surface area contributed by atoms with Crippen LogP contribution < -0.4 is 0 Å². The Bertz CT molecular complexity index is 551. The first kappa shape index (κ1) is 19.7. The van der Waals surface area contributed by atoms with Gasteiger partial charge in [0.2, 0.25) is 0 Å². The summed E-state index contributed by atoms with van der Waals surface area (Å²) in [6.45, 7) is 9.62. The molecule has 0 atom stereocenters. The van der Waals surface area contributed by atoms with E-state index >= 15 is 0 Å². The second-order valence-electron chi connectivity index (χ2n) is 6.37. The van der Waals surface area contributed by atoms with Crippen LogP contribution in [-0.2, 0) is 22.4 Å². The van der Waals surface area contributed by atoms with Crippen LogP contribution in [0.3, 0.4) is 0 Å². The summed E-state index contributed by atoms with van der Waals surface area (Å²) in [6, 6.07) is 0.893. The monoisotopic (exact) mass is 352 g/mol. The zero-order chi connectivity index (χ0) is 17.8. The summed E-state index contributed by atoms with van der Waals surface area (Å²) < 4.78 is 50.6. The first-order valence-corrected chi connectivity index (χ1v) is 11.1. The molecule has 0 aliphatic heterocycles. The van der Waals surface area contributed by atoms with Gasteiger partial charge in [-0.3, -0.25) is 0 Å². The van der Waals surface area contributed by atoms with Gasteiger partial charge in [-0.15, -0.1) is 0 Å². The van der Waals surface area contributed by atoms with Crippen LogP contribution in [0.4, 0.5) is 13.2 Å². The smallest absolute Gasteiger partial charge is 0.420 e. The number of aromatic nitrogens is 2. The van der Waals surface area contributed by atoms with Crippen LogP contribution in [0.1, 0.15) is 28.7 Å². The maximum atomic E-state index is 13.2. The van der Waals surface area contributed by atoms with Gasteiger partial charge in [0.25, 0.3) is 0 Å². The van der Waals surface area contributed by atoms with E-state index in [4.69, 9.17) is 4.74 Å². The minimum Gasteiger partial charge on any atom is -0.461 e. The highest BCUT2D eigenvalue weighted by Gasteiger charge is 2.41. The molecule has 23 heavy (non-hydrogen) atoms. The van der Waals surface area contributed by atoms with Crippen molar-refractivity contribution in [3.63, 3.8) is 0 Å². The minimum atomic E-state index is -4.68. The molecular weight excluding hydrogens is 329 g/mol. The van der Waals surface area contributed by atoms with E-state index in [1.54, 1.807) is 0 Å². The Morgan fingerprint density at radius 2 is 1.91 bits per heavy atom. The molecule has 0 unspecified atom stereocenters. The van der Waals surface area contributed by atoms with Crippen molar-refractivity contribution in [1.29, 1.82) is 0 Å². The summed E-state index contributed by atoms with van der Waals surface area (Å²) in [5.74, 6) is -1.08. The van der Waals surface area contributed by atoms with Crippen molar-refractivity contribution in [3.05, 3.63) is 17.0 Å². The van der Waals surface area contributed by atoms with Crippen molar-refractivity contribution < 1.29 is 27.4 Å². The second kappa shape index (κ2) is 7.48. The van der Waals surface area contributed by atoms with Crippen molar-refractivity contribution in [2.75, 3.05) is 13.2 Å². The Morgan fingerprint density at radius 3 is 2.39 bits per heavy atom. The average Bonchev–Trinajstić information content (AvgIpc) is 2.71. The van der Waals surface area contributed by atoms with Gasteiger partial charge in [0.15, 0.2) is 5.69 Å². The molecule has 9 heteroatoms. The number of nitrogens with zero attached hydrogens (tertiary/aromatic N) is 2. The van der Waals surface area contributed by atoms with Gasteiger partial charge in [-0.1, -0.05) is 19.6 Å². The van der Waals surface area contributed by atoms with E-state index in [1.165, 1.54) is 13.8 Å². The van der Waals surface area contributed by atoms with Crippen molar-refractivity contribution in [2.45, 2.75) is 52.4 Å². The third-order valence-electron chi connectivity index (χ3n) is 3.17. The summed E-state index contributed by atoms with van der Waals surface area (Å²) >= 11 is 0. The summed E-state index contributed by atoms with van der Waals surface area (Å²) in [6.07, 6.45) is -4.68. The number of carbonyl (C=O) groups excluding carboxylic acids is 1. The zero-order valence-corrected chi connectivity index (χ0v) is 15.1. The Hall–Kier alpha value is -1.35. The van der Waals surface area contributed by atoms with Crippen LogP contribution in [0.25, 0.3) is 0 Å². The standard InChI is InChI=1S/C14H23F3N2O3Si/c1-6-22-13(20)12-11(14(15,16)17)10(2)19(18-12)9-21-7-8-23(3,4)5/h6-9H2,1-5H3. The molecule has 0 saturated heterocycles. The van der Waals surface area contributed by atoms with Gasteiger partial charge in [-0.05, 0) is 19.9 Å². The lowest BCUT2D eigenvalue weighted by molar-refractivity contribution is -0.138. The molecule has 0 amide bonds. The summed E-state index contributed by atoms with van der Waals surface area (Å²) in [5, 5.41) is 3.74. The predicted molar refractivity (Wildman–Crippen MR) is 82.0 cm³/mol. The fourth-order valence-corrected chi connectivity index (χ4v) is 2.64. The first-order valence-electron chi connectivity index (χ1n) is 7.37. The van der Waals surface area contributed by atoms with Gasteiger partial charge in [-0.25, -0.2) is 9.48 Å². The zero-order valence-electron chi connectivity index (χ0n) is 14.1. The van der Waals surface area contributed by atoms with Crippen molar-refractivity contribution in [3.8, 4) is 0 Å². The molecule has 1 rings (SSSR count). The van der Waals surface area contributed by atoms with Crippen LogP contribution in [0.15, 0.2) is 0 Å². The van der Waals surface area contributed by atoms with Crippen molar-refractivity contribution in [1.82, 2.24) is 9.78 Å². The molecule has 5 nitrogen and oxygen atoms in total. The highest BCUT2D eigenvalue weighted by molar-refractivity contribution is 6.76. The second-order valence-corrected chi connectivity index (χ2v) is 12.0. The summed E-state index contributed by atoms with van der Waals surface area (Å²) in [5.41, 5.74) is -1.94. The molecule has 1 heterocycles. The molecule has 132 valence electrons. The number of ether oxygens (including phenoxy) is 2. The highest BCUT2D eigenvalue weighted by atomic mass is 28.3. The van der Waals surface area contributed by atoms with E-state index in [0.717, 1.165) is 10.7 Å². The highest BCUT2D eigenvalue weighted by Crippen LogP contribution is 2.34. The Balaban J connectivity index is 2.95. The molecule has 1 aromatic rings. The molecule has 0 spiro atoms. The largest absolute Gasteiger partial charge is 0.461 e. The number of alkyl halides is 3. The summed E-state index contributed by atoms with van der Waals surface area (Å²) in [7, 11) is -1.28. The molecule has 0 radical (unpaired) electrons. The molecule has 0 saturated carbocycles. The van der Waals surface area contributed by atoms with Gasteiger partial charge in [-0.2, -0.15) is 18.3 Å². The van der Waals surface area contributed by atoms with E-state index in [9.17, 15) is 18.0 Å². The average molecular weight is 352 g/mol. The minimum absolute atomic E-state index is 0.0191. The lowest BCUT2D eigenvalue weighted by Gasteiger charge is -2.15. The van der Waals surface area contributed by atoms with E-state index in [-0.39, 0.29) is 19.0 Å². The van der Waals surface area contributed by atoms with Crippen LogP contribution in [0, 0.1) is 6.92 Å². The van der Waals surface area contributed by atoms with Gasteiger partial charge in [0.1, 0.15) is 12.3 Å². The van der Waals surface area contributed by atoms with Crippen LogP contribution in [0.5, 0.6) is 0 Å². The third-order valence-corrected chi connectivity index (χ3v) is 4.87. The van der Waals surface area contributed by atoms with Gasteiger partial charge in [0, 0.05) is 14.7 Å². The normalized spacial score (nSPS) is 12.5. The SMILES string of the molecule is CCOC(=O)c1nn(COCC[Si](C)(C)C)c(C)c1C(F)(F)F. The number of hydrogen-bond acceptors (Lipinski definition) is 4. The maximum Gasteiger partial charge on any atom is 0.420 e. The van der Waals surface area contributed by atoms with Crippen molar-refractivity contribution in [2.24, 2.45) is 0 Å². The topological polar surface area (TPSA) is 53.3 Å². The first-order chi connectivity index (χ1) is 10.5. The third kappa shape index (κ3) is 5.65. The molecule has 1 aromatic heterocycles. The Kier molecular flexibility index (Phi) is 6.40. The number of carbonyl (C=O) groups is 1. The lowest BCUT2D eigenvalue weighted by atomic mass is 10.2.